The first-order valence-electron chi connectivity index (χ1n) is 31.9. The Balaban J connectivity index is 0.605. The Morgan fingerprint density at radius 3 is 2.33 bits per heavy atom. The van der Waals surface area contributed by atoms with E-state index in [-0.39, 0.29) is 72.4 Å². The Bertz CT molecular complexity index is 1990. The number of ether oxygens (including phenoxy) is 4. The summed E-state index contributed by atoms with van der Waals surface area (Å²) in [5, 5.41) is 37.2. The number of fused-ring (bicyclic) bond motifs is 2. The standard InChI is InChI=1S/C58H105N13O9S/c1-6-39(7-2)48-29-52(71-51(65-48)16-17-63-71)64-44-15-14-43(27-44)59-32-53(73)60-31-45-34-68(67-66-45)18-19-77-20-21-78-22-23-79-24-25-80-50-26-40(55-38(5)62-36-81-55)12-13-41(50)30-61-56(74)49-28-46(72)35-69(49)58(76)54(37(3)4)70-33-42-10-8-9-11-47(42)57(70)75/h37-52,54-55,59,62-67,72H,6-36H2,1-5H3,(H,60,73)(H,61,74)/t38?,40?,41?,42?,43-,44-,45?,46+,47?,48?,49-,50?,51?,52?,54-,55?/m0/s1. The van der Waals surface area contributed by atoms with Crippen molar-refractivity contribution in [2.24, 2.45) is 35.5 Å². The number of thioether (sulfide) groups is 1. The average molecular weight is 1160 g/mol. The number of aliphatic hydroxyl groups excluding tert-OH is 1. The Morgan fingerprint density at radius 1 is 0.815 bits per heavy atom. The summed E-state index contributed by atoms with van der Waals surface area (Å²) in [5.74, 6) is 2.02. The van der Waals surface area contributed by atoms with Crippen molar-refractivity contribution < 1.29 is 43.2 Å². The molecule has 0 aromatic heterocycles. The number of aliphatic hydroxyl groups is 1. The molecule has 0 radical (unpaired) electrons. The van der Waals surface area contributed by atoms with E-state index in [1.807, 2.05) is 25.6 Å². The van der Waals surface area contributed by atoms with Crippen LogP contribution in [0.15, 0.2) is 0 Å². The van der Waals surface area contributed by atoms with Crippen molar-refractivity contribution in [3.8, 4) is 0 Å². The van der Waals surface area contributed by atoms with Crippen LogP contribution in [0.5, 0.6) is 0 Å². The van der Waals surface area contributed by atoms with Gasteiger partial charge in [-0.15, -0.1) is 11.8 Å². The Labute approximate surface area is 487 Å². The number of amides is 4. The number of hydrogen-bond donors (Lipinski definition) is 10. The summed E-state index contributed by atoms with van der Waals surface area (Å²) in [4.78, 5) is 58.2. The topological polar surface area (TPSA) is 247 Å². The fourth-order valence-corrected chi connectivity index (χ4v) is 16.6. The zero-order valence-electron chi connectivity index (χ0n) is 49.7. The van der Waals surface area contributed by atoms with Crippen molar-refractivity contribution >= 4 is 35.4 Å². The van der Waals surface area contributed by atoms with E-state index in [2.05, 4.69) is 79.1 Å². The molecule has 9 aliphatic rings. The maximum absolute atomic E-state index is 14.4. The third-order valence-corrected chi connectivity index (χ3v) is 21.2. The third kappa shape index (κ3) is 17.0. The van der Waals surface area contributed by atoms with Gasteiger partial charge < -0.3 is 55.1 Å². The van der Waals surface area contributed by atoms with Crippen LogP contribution in [0.1, 0.15) is 131 Å². The van der Waals surface area contributed by atoms with Gasteiger partial charge in [0, 0.05) is 99.4 Å². The molecule has 3 aliphatic carbocycles. The van der Waals surface area contributed by atoms with Gasteiger partial charge in [-0.25, -0.2) is 15.4 Å². The van der Waals surface area contributed by atoms with Crippen LogP contribution in [-0.4, -0.2) is 225 Å². The van der Waals surface area contributed by atoms with Crippen LogP contribution in [0.3, 0.4) is 0 Å². The van der Waals surface area contributed by atoms with Crippen LogP contribution < -0.4 is 48.3 Å². The first kappa shape index (κ1) is 63.2. The number of rotatable bonds is 30. The Hall–Kier alpha value is -2.33. The molecule has 6 saturated heterocycles. The molecule has 9 fully saturated rings. The number of hydrogen-bond acceptors (Lipinski definition) is 19. The molecule has 0 spiro atoms. The monoisotopic (exact) mass is 1160 g/mol. The fourth-order valence-electron chi connectivity index (χ4n) is 15.2. The minimum atomic E-state index is -0.800. The number of nitrogens with zero attached hydrogens (tertiary/aromatic N) is 4. The highest BCUT2D eigenvalue weighted by Crippen LogP contribution is 2.41. The van der Waals surface area contributed by atoms with Crippen LogP contribution in [0, 0.1) is 35.5 Å². The van der Waals surface area contributed by atoms with E-state index in [0.29, 0.717) is 133 Å². The molecule has 11 unspecified atom stereocenters. The van der Waals surface area contributed by atoms with Crippen molar-refractivity contribution in [1.29, 1.82) is 0 Å². The molecule has 0 aromatic carbocycles. The molecule has 6 aliphatic heterocycles. The molecule has 16 atom stereocenters. The highest BCUT2D eigenvalue weighted by Gasteiger charge is 2.50. The van der Waals surface area contributed by atoms with E-state index in [1.54, 1.807) is 9.80 Å². The maximum Gasteiger partial charge on any atom is 0.246 e. The number of likely N-dealkylation sites (tertiary alicyclic amines) is 2. The van der Waals surface area contributed by atoms with Crippen molar-refractivity contribution in [1.82, 2.24) is 68.1 Å². The van der Waals surface area contributed by atoms with Gasteiger partial charge in [0.05, 0.1) is 83.4 Å². The fraction of sp³-hybridized carbons (Fsp3) is 0.931. The number of carbonyl (C=O) groups excluding carboxylic acids is 4. The summed E-state index contributed by atoms with van der Waals surface area (Å²) in [6, 6.07) is 0.416. The molecule has 22 nitrogen and oxygen atoms in total. The van der Waals surface area contributed by atoms with Gasteiger partial charge >= 0.3 is 0 Å². The van der Waals surface area contributed by atoms with Gasteiger partial charge in [-0.2, -0.15) is 5.53 Å². The predicted octanol–water partition coefficient (Wildman–Crippen LogP) is 1.21. The average Bonchev–Trinajstić information content (AvgIpc) is 4.54. The van der Waals surface area contributed by atoms with Crippen molar-refractivity contribution in [3.05, 3.63) is 0 Å². The van der Waals surface area contributed by atoms with Crippen LogP contribution in [0.25, 0.3) is 0 Å². The molecular formula is C58H105N13O9S. The van der Waals surface area contributed by atoms with Crippen molar-refractivity contribution in [2.75, 3.05) is 104 Å². The summed E-state index contributed by atoms with van der Waals surface area (Å²) < 4.78 is 24.2. The van der Waals surface area contributed by atoms with E-state index in [9.17, 15) is 24.3 Å². The van der Waals surface area contributed by atoms with E-state index >= 15 is 0 Å². The highest BCUT2D eigenvalue weighted by atomic mass is 32.2. The lowest BCUT2D eigenvalue weighted by Crippen LogP contribution is -2.66. The molecule has 462 valence electrons. The van der Waals surface area contributed by atoms with Crippen LogP contribution in [-0.2, 0) is 38.1 Å². The Kier molecular flexibility index (Phi) is 24.5. The molecule has 0 aromatic rings. The van der Waals surface area contributed by atoms with Gasteiger partial charge in [-0.05, 0) is 94.8 Å². The van der Waals surface area contributed by atoms with Crippen molar-refractivity contribution in [3.63, 3.8) is 0 Å². The lowest BCUT2D eigenvalue weighted by molar-refractivity contribution is -0.149. The number of carbonyl (C=O) groups is 4. The molecule has 3 saturated carbocycles. The third-order valence-electron chi connectivity index (χ3n) is 19.7. The van der Waals surface area contributed by atoms with Gasteiger partial charge in [-0.3, -0.25) is 35.2 Å². The minimum absolute atomic E-state index is 0.00872. The summed E-state index contributed by atoms with van der Waals surface area (Å²) in [6.45, 7) is 18.5. The van der Waals surface area contributed by atoms with E-state index in [0.717, 1.165) is 96.0 Å². The zero-order valence-corrected chi connectivity index (χ0v) is 50.5. The quantitative estimate of drug-likeness (QED) is 0.0455. The van der Waals surface area contributed by atoms with Crippen LogP contribution in [0.4, 0.5) is 0 Å². The first-order chi connectivity index (χ1) is 39.4. The van der Waals surface area contributed by atoms with Gasteiger partial charge in [0.25, 0.3) is 0 Å². The molecule has 10 N–H and O–H groups in total. The maximum atomic E-state index is 14.4. The number of β-amino-alcohol motifs (C(OH)–C–C–N with tert-alkyl or cyclic N) is 1. The van der Waals surface area contributed by atoms with Gasteiger partial charge in [0.1, 0.15) is 12.1 Å². The van der Waals surface area contributed by atoms with Crippen molar-refractivity contribution in [2.45, 2.75) is 203 Å². The lowest BCUT2D eigenvalue weighted by Gasteiger charge is -2.45. The summed E-state index contributed by atoms with van der Waals surface area (Å²) in [5.41, 5.74) is 10.1. The highest BCUT2D eigenvalue weighted by molar-refractivity contribution is 8.00. The van der Waals surface area contributed by atoms with Crippen LogP contribution in [0.2, 0.25) is 0 Å². The molecule has 9 rings (SSSR count). The molecule has 6 heterocycles. The van der Waals surface area contributed by atoms with Gasteiger partial charge in [-0.1, -0.05) is 53.4 Å². The molecule has 81 heavy (non-hydrogen) atoms. The molecule has 23 heteroatoms. The molecule has 4 amide bonds. The Morgan fingerprint density at radius 2 is 1.58 bits per heavy atom. The normalized spacial score (nSPS) is 35.1. The smallest absolute Gasteiger partial charge is 0.246 e. The van der Waals surface area contributed by atoms with Gasteiger partial charge in [0.2, 0.25) is 23.6 Å². The predicted molar refractivity (Wildman–Crippen MR) is 312 cm³/mol. The second-order valence-electron chi connectivity index (χ2n) is 25.5. The second-order valence-corrected chi connectivity index (χ2v) is 26.7. The summed E-state index contributed by atoms with van der Waals surface area (Å²) >= 11 is 1.99. The molecular weight excluding hydrogens is 1050 g/mol. The van der Waals surface area contributed by atoms with Gasteiger partial charge in [0.15, 0.2) is 0 Å². The molecule has 0 bridgehead atoms. The first-order valence-corrected chi connectivity index (χ1v) is 33.0. The van der Waals surface area contributed by atoms with E-state index in [4.69, 9.17) is 18.9 Å². The SMILES string of the molecule is CCC(CC)C1CC(N[C@H]2CC[C@H](NCC(=O)NCC3CN(CCOCCOCCOCCOC4CC(C5SCNC5C)CCC4CNC(=O)[C@@H]4C[C@@H](O)CN4C(=O)[C@H](C(C)C)N4CC5CCCCC5C4=O)NN3)C2)N2NCCC2N1. The van der Waals surface area contributed by atoms with E-state index in [1.165, 1.54) is 12.8 Å². The number of nitrogens with one attached hydrogen (secondary N) is 9. The lowest BCUT2D eigenvalue weighted by atomic mass is 9.77. The zero-order chi connectivity index (χ0) is 56.8. The summed E-state index contributed by atoms with van der Waals surface area (Å²) in [7, 11) is 0. The summed E-state index contributed by atoms with van der Waals surface area (Å²) in [6.07, 6.45) is 14.9. The van der Waals surface area contributed by atoms with Crippen LogP contribution >= 0.6 is 11.8 Å². The number of hydrazine groups is 3. The minimum Gasteiger partial charge on any atom is -0.391 e. The van der Waals surface area contributed by atoms with E-state index < -0.39 is 18.2 Å². The second kappa shape index (κ2) is 31.4. The largest absolute Gasteiger partial charge is 0.391 e.